The Balaban J connectivity index is 2.31. The maximum absolute atomic E-state index is 12.6. The van der Waals surface area contributed by atoms with Gasteiger partial charge in [0.1, 0.15) is 5.69 Å². The molecule has 1 aromatic rings. The van der Waals surface area contributed by atoms with Gasteiger partial charge in [-0.05, 0) is 26.1 Å². The average Bonchev–Trinajstić information content (AvgIpc) is 2.53. The Labute approximate surface area is 148 Å². The summed E-state index contributed by atoms with van der Waals surface area (Å²) in [6, 6.07) is 1.67. The van der Waals surface area contributed by atoms with Gasteiger partial charge in [-0.15, -0.1) is 0 Å². The molecule has 1 aromatic carbocycles. The SMILES string of the molecule is CC(Nc1ccc(S(=O)(=O)C(F)(F)F)cc1[N+](=O)[O-])C1CN(C)CCO1. The summed E-state index contributed by atoms with van der Waals surface area (Å²) in [5, 5.41) is 14.0. The van der Waals surface area contributed by atoms with E-state index in [0.717, 1.165) is 12.6 Å². The minimum atomic E-state index is -5.67. The quantitative estimate of drug-likeness (QED) is 0.599. The highest BCUT2D eigenvalue weighted by Gasteiger charge is 2.47. The van der Waals surface area contributed by atoms with Crippen molar-refractivity contribution in [1.29, 1.82) is 0 Å². The second kappa shape index (κ2) is 7.37. The van der Waals surface area contributed by atoms with Gasteiger partial charge in [-0.25, -0.2) is 8.42 Å². The third-order valence-corrected chi connectivity index (χ3v) is 5.50. The van der Waals surface area contributed by atoms with E-state index < -0.39 is 30.9 Å². The molecule has 146 valence electrons. The van der Waals surface area contributed by atoms with E-state index in [4.69, 9.17) is 4.74 Å². The summed E-state index contributed by atoms with van der Waals surface area (Å²) in [7, 11) is -3.78. The zero-order valence-electron chi connectivity index (χ0n) is 14.0. The van der Waals surface area contributed by atoms with Gasteiger partial charge in [-0.1, -0.05) is 0 Å². The number of hydrogen-bond donors (Lipinski definition) is 1. The molecule has 8 nitrogen and oxygen atoms in total. The molecule has 1 N–H and O–H groups in total. The summed E-state index contributed by atoms with van der Waals surface area (Å²) >= 11 is 0. The lowest BCUT2D eigenvalue weighted by molar-refractivity contribution is -0.384. The fraction of sp³-hybridized carbons (Fsp3) is 0.571. The van der Waals surface area contributed by atoms with E-state index in [0.29, 0.717) is 25.3 Å². The van der Waals surface area contributed by atoms with E-state index in [1.165, 1.54) is 0 Å². The molecule has 2 unspecified atom stereocenters. The number of halogens is 3. The van der Waals surface area contributed by atoms with E-state index >= 15 is 0 Å². The standard InChI is InChI=1S/C14H18F3N3O5S/c1-9(13-8-19(2)5-6-25-13)18-11-4-3-10(7-12(11)20(21)22)26(23,24)14(15,16)17/h3-4,7,9,13,18H,5-6,8H2,1-2H3. The number of rotatable bonds is 5. The fourth-order valence-corrected chi connectivity index (χ4v) is 3.32. The van der Waals surface area contributed by atoms with Crippen molar-refractivity contribution >= 4 is 21.2 Å². The third kappa shape index (κ3) is 4.24. The van der Waals surface area contributed by atoms with Gasteiger partial charge < -0.3 is 15.0 Å². The van der Waals surface area contributed by atoms with Crippen molar-refractivity contribution in [3.63, 3.8) is 0 Å². The van der Waals surface area contributed by atoms with Crippen molar-refractivity contribution < 1.29 is 31.2 Å². The number of alkyl halides is 3. The Morgan fingerprint density at radius 1 is 1.42 bits per heavy atom. The summed E-state index contributed by atoms with van der Waals surface area (Å²) < 4.78 is 66.4. The molecule has 0 spiro atoms. The van der Waals surface area contributed by atoms with Gasteiger partial charge in [-0.3, -0.25) is 10.1 Å². The predicted molar refractivity (Wildman–Crippen MR) is 86.7 cm³/mol. The molecule has 0 radical (unpaired) electrons. The van der Waals surface area contributed by atoms with Gasteiger partial charge >= 0.3 is 5.51 Å². The minimum Gasteiger partial charge on any atom is -0.374 e. The largest absolute Gasteiger partial charge is 0.501 e. The first kappa shape index (κ1) is 20.4. The lowest BCUT2D eigenvalue weighted by atomic mass is 10.1. The highest BCUT2D eigenvalue weighted by Crippen LogP contribution is 2.35. The molecule has 2 rings (SSSR count). The Bertz CT molecular complexity index is 785. The molecule has 0 aliphatic carbocycles. The first-order valence-corrected chi connectivity index (χ1v) is 9.08. The van der Waals surface area contributed by atoms with E-state index in [1.807, 2.05) is 11.9 Å². The van der Waals surface area contributed by atoms with Gasteiger partial charge in [0, 0.05) is 19.2 Å². The molecule has 1 fully saturated rings. The lowest BCUT2D eigenvalue weighted by Gasteiger charge is -2.34. The molecule has 2 atom stereocenters. The van der Waals surface area contributed by atoms with Crippen LogP contribution < -0.4 is 5.32 Å². The molecule has 1 aliphatic heterocycles. The summed E-state index contributed by atoms with van der Waals surface area (Å²) in [5.41, 5.74) is -6.38. The van der Waals surface area contributed by atoms with Gasteiger partial charge in [0.15, 0.2) is 0 Å². The van der Waals surface area contributed by atoms with Gasteiger partial charge in [0.05, 0.1) is 28.6 Å². The molecule has 0 bridgehead atoms. The van der Waals surface area contributed by atoms with Crippen molar-refractivity contribution in [3.8, 4) is 0 Å². The molecule has 0 aromatic heterocycles. The van der Waals surface area contributed by atoms with Crippen molar-refractivity contribution in [2.75, 3.05) is 32.1 Å². The van der Waals surface area contributed by atoms with Crippen LogP contribution in [0.3, 0.4) is 0 Å². The van der Waals surface area contributed by atoms with Gasteiger partial charge in [0.25, 0.3) is 15.5 Å². The number of anilines is 1. The average molecular weight is 397 g/mol. The second-order valence-corrected chi connectivity index (χ2v) is 7.93. The van der Waals surface area contributed by atoms with Gasteiger partial charge in [-0.2, -0.15) is 13.2 Å². The first-order valence-electron chi connectivity index (χ1n) is 7.60. The molecule has 1 saturated heterocycles. The number of morpholine rings is 1. The highest BCUT2D eigenvalue weighted by atomic mass is 32.2. The summed E-state index contributed by atoms with van der Waals surface area (Å²) in [4.78, 5) is 11.1. The number of hydrogen-bond acceptors (Lipinski definition) is 7. The smallest absolute Gasteiger partial charge is 0.374 e. The Morgan fingerprint density at radius 3 is 2.62 bits per heavy atom. The van der Waals surface area contributed by atoms with E-state index in [1.54, 1.807) is 6.92 Å². The number of ether oxygens (including phenoxy) is 1. The molecule has 1 heterocycles. The summed E-state index contributed by atoms with van der Waals surface area (Å²) in [6.45, 7) is 3.52. The highest BCUT2D eigenvalue weighted by molar-refractivity contribution is 7.92. The topological polar surface area (TPSA) is 102 Å². The molecule has 1 aliphatic rings. The Morgan fingerprint density at radius 2 is 2.08 bits per heavy atom. The fourth-order valence-electron chi connectivity index (χ4n) is 2.54. The summed E-state index contributed by atoms with van der Waals surface area (Å²) in [6.07, 6.45) is -0.285. The molecule has 26 heavy (non-hydrogen) atoms. The minimum absolute atomic E-state index is 0.0829. The zero-order chi connectivity index (χ0) is 19.7. The van der Waals surface area contributed by atoms with Crippen LogP contribution in [0, 0.1) is 10.1 Å². The number of benzene rings is 1. The number of sulfone groups is 1. The van der Waals surface area contributed by atoms with E-state index in [9.17, 15) is 31.7 Å². The predicted octanol–water partition coefficient (Wildman–Crippen LogP) is 2.02. The number of likely N-dealkylation sites (N-methyl/N-ethyl adjacent to an activating group) is 1. The molecule has 12 heteroatoms. The summed E-state index contributed by atoms with van der Waals surface area (Å²) in [5.74, 6) is 0. The monoisotopic (exact) mass is 397 g/mol. The van der Waals surface area contributed by atoms with Crippen LogP contribution in [0.2, 0.25) is 0 Å². The molecule has 0 saturated carbocycles. The number of nitro benzene ring substituents is 1. The third-order valence-electron chi connectivity index (χ3n) is 4.02. The van der Waals surface area contributed by atoms with Crippen molar-refractivity contribution in [1.82, 2.24) is 4.90 Å². The Hall–Kier alpha value is -1.92. The molecule has 0 amide bonds. The van der Waals surface area contributed by atoms with Crippen molar-refractivity contribution in [2.24, 2.45) is 0 Å². The second-order valence-electron chi connectivity index (χ2n) is 5.99. The van der Waals surface area contributed by atoms with Crippen molar-refractivity contribution in [2.45, 2.75) is 29.5 Å². The first-order chi connectivity index (χ1) is 11.9. The maximum Gasteiger partial charge on any atom is 0.501 e. The van der Waals surface area contributed by atoms with E-state index in [2.05, 4.69) is 5.32 Å². The Kier molecular flexibility index (Phi) is 5.78. The maximum atomic E-state index is 12.6. The van der Waals surface area contributed by atoms with Crippen LogP contribution in [0.1, 0.15) is 6.92 Å². The zero-order valence-corrected chi connectivity index (χ0v) is 14.8. The molecular weight excluding hydrogens is 379 g/mol. The van der Waals surface area contributed by atoms with Crippen LogP contribution in [0.5, 0.6) is 0 Å². The van der Waals surface area contributed by atoms with E-state index in [-0.39, 0.29) is 17.8 Å². The number of nitrogens with zero attached hydrogens (tertiary/aromatic N) is 2. The van der Waals surface area contributed by atoms with Crippen molar-refractivity contribution in [3.05, 3.63) is 28.3 Å². The number of nitrogens with one attached hydrogen (secondary N) is 1. The van der Waals surface area contributed by atoms with Crippen LogP contribution in [0.25, 0.3) is 0 Å². The normalized spacial score (nSPS) is 20.6. The van der Waals surface area contributed by atoms with Crippen LogP contribution >= 0.6 is 0 Å². The van der Waals surface area contributed by atoms with Gasteiger partial charge in [0.2, 0.25) is 0 Å². The molecular formula is C14H18F3N3O5S. The van der Waals surface area contributed by atoms with Crippen LogP contribution in [-0.2, 0) is 14.6 Å². The lowest BCUT2D eigenvalue weighted by Crippen LogP contribution is -2.47. The van der Waals surface area contributed by atoms with Crippen LogP contribution in [-0.4, -0.2) is 62.6 Å². The van der Waals surface area contributed by atoms with Crippen LogP contribution in [0.15, 0.2) is 23.1 Å². The van der Waals surface area contributed by atoms with Crippen LogP contribution in [0.4, 0.5) is 24.5 Å². The number of nitro groups is 1.